The SMILES string of the molecule is O=C(Nc1nc(CSc2ccccc2)c(S(=O)(=O)c2ccccn2)s1)Nc1ccc(C(F)(F)F)cc1C(=O)C1CCCC1. The van der Waals surface area contributed by atoms with Crippen molar-refractivity contribution in [3.05, 3.63) is 89.7 Å². The summed E-state index contributed by atoms with van der Waals surface area (Å²) < 4.78 is 67.2. The molecule has 1 fully saturated rings. The van der Waals surface area contributed by atoms with Gasteiger partial charge in [-0.1, -0.05) is 48.4 Å². The third kappa shape index (κ3) is 7.25. The maximum atomic E-state index is 13.5. The van der Waals surface area contributed by atoms with Crippen LogP contribution in [0.25, 0.3) is 0 Å². The molecule has 2 heterocycles. The number of urea groups is 1. The second kappa shape index (κ2) is 12.9. The molecular formula is C29H25F3N4O4S3. The van der Waals surface area contributed by atoms with Gasteiger partial charge in [0.05, 0.1) is 16.9 Å². The number of nitrogens with one attached hydrogen (secondary N) is 2. The lowest BCUT2D eigenvalue weighted by Gasteiger charge is -2.16. The highest BCUT2D eigenvalue weighted by molar-refractivity contribution is 7.98. The Balaban J connectivity index is 1.42. The lowest BCUT2D eigenvalue weighted by molar-refractivity contribution is -0.137. The van der Waals surface area contributed by atoms with Crippen molar-refractivity contribution in [2.24, 2.45) is 5.92 Å². The van der Waals surface area contributed by atoms with Gasteiger partial charge < -0.3 is 5.32 Å². The Morgan fingerprint density at radius 1 is 0.977 bits per heavy atom. The number of benzene rings is 2. The standard InChI is InChI=1S/C29H25F3N4O4S3/c30-29(31,32)19-13-14-22(21(16-19)25(37)18-8-4-5-9-18)34-27(38)36-28-35-23(17-41-20-10-2-1-3-11-20)26(42-28)43(39,40)24-12-6-7-15-33-24/h1-3,6-7,10-16,18H,4-5,8-9,17H2,(H2,34,35,36,38). The Hall–Kier alpha value is -3.75. The molecule has 2 amide bonds. The van der Waals surface area contributed by atoms with Crippen molar-refractivity contribution in [2.45, 2.75) is 51.7 Å². The number of rotatable bonds is 9. The first-order chi connectivity index (χ1) is 20.5. The normalized spacial score (nSPS) is 14.0. The van der Waals surface area contributed by atoms with E-state index >= 15 is 0 Å². The van der Waals surface area contributed by atoms with E-state index in [1.54, 1.807) is 12.1 Å². The van der Waals surface area contributed by atoms with Gasteiger partial charge in [-0.3, -0.25) is 10.1 Å². The van der Waals surface area contributed by atoms with E-state index < -0.39 is 39.3 Å². The number of carbonyl (C=O) groups excluding carboxylic acids is 2. The van der Waals surface area contributed by atoms with Crippen LogP contribution < -0.4 is 10.6 Å². The van der Waals surface area contributed by atoms with E-state index in [4.69, 9.17) is 0 Å². The zero-order chi connectivity index (χ0) is 30.6. The lowest BCUT2D eigenvalue weighted by atomic mass is 9.93. The number of halogens is 3. The van der Waals surface area contributed by atoms with E-state index in [-0.39, 0.29) is 37.1 Å². The number of thioether (sulfide) groups is 1. The lowest BCUT2D eigenvalue weighted by Crippen LogP contribution is -2.23. The summed E-state index contributed by atoms with van der Waals surface area (Å²) in [6.45, 7) is 0. The Labute approximate surface area is 254 Å². The molecule has 0 bridgehead atoms. The molecule has 43 heavy (non-hydrogen) atoms. The molecule has 4 aromatic rings. The first kappa shape index (κ1) is 30.7. The highest BCUT2D eigenvalue weighted by Gasteiger charge is 2.34. The molecule has 0 unspecified atom stereocenters. The molecule has 2 aromatic carbocycles. The van der Waals surface area contributed by atoms with E-state index in [9.17, 15) is 31.2 Å². The molecule has 1 aliphatic rings. The number of amides is 2. The molecule has 0 radical (unpaired) electrons. The molecule has 5 rings (SSSR count). The second-order valence-corrected chi connectivity index (χ2v) is 13.8. The average molecular weight is 647 g/mol. The van der Waals surface area contributed by atoms with Crippen LogP contribution in [0.1, 0.15) is 47.3 Å². The fraction of sp³-hybridized carbons (Fsp3) is 0.241. The number of anilines is 2. The van der Waals surface area contributed by atoms with Crippen molar-refractivity contribution in [1.29, 1.82) is 0 Å². The molecule has 224 valence electrons. The summed E-state index contributed by atoms with van der Waals surface area (Å²) in [6.07, 6.45) is -0.577. The number of ketones is 1. The number of aromatic nitrogens is 2. The first-order valence-electron chi connectivity index (χ1n) is 13.2. The van der Waals surface area contributed by atoms with Crippen LogP contribution in [0.3, 0.4) is 0 Å². The quantitative estimate of drug-likeness (QED) is 0.141. The number of sulfone groups is 1. The minimum Gasteiger partial charge on any atom is -0.307 e. The zero-order valence-electron chi connectivity index (χ0n) is 22.4. The molecule has 0 atom stereocenters. The van der Waals surface area contributed by atoms with E-state index in [0.717, 1.165) is 47.3 Å². The summed E-state index contributed by atoms with van der Waals surface area (Å²) in [6, 6.07) is 15.5. The van der Waals surface area contributed by atoms with Gasteiger partial charge in [-0.15, -0.1) is 11.8 Å². The number of thiazole rings is 1. The van der Waals surface area contributed by atoms with Gasteiger partial charge in [0.15, 0.2) is 20.1 Å². The van der Waals surface area contributed by atoms with Crippen molar-refractivity contribution < 1.29 is 31.2 Å². The highest BCUT2D eigenvalue weighted by Crippen LogP contribution is 2.37. The number of pyridine rings is 1. The highest BCUT2D eigenvalue weighted by atomic mass is 32.2. The van der Waals surface area contributed by atoms with Crippen LogP contribution in [0.4, 0.5) is 28.8 Å². The van der Waals surface area contributed by atoms with Crippen LogP contribution in [-0.4, -0.2) is 30.2 Å². The van der Waals surface area contributed by atoms with Crippen molar-refractivity contribution in [3.63, 3.8) is 0 Å². The summed E-state index contributed by atoms with van der Waals surface area (Å²) >= 11 is 2.09. The van der Waals surface area contributed by atoms with E-state index in [1.807, 2.05) is 30.3 Å². The fourth-order valence-corrected chi connectivity index (χ4v) is 8.42. The average Bonchev–Trinajstić information content (AvgIpc) is 3.67. The topological polar surface area (TPSA) is 118 Å². The molecule has 1 saturated carbocycles. The Kier molecular flexibility index (Phi) is 9.18. The maximum Gasteiger partial charge on any atom is 0.416 e. The van der Waals surface area contributed by atoms with Crippen LogP contribution in [0, 0.1) is 5.92 Å². The Bertz CT molecular complexity index is 1720. The molecule has 0 saturated heterocycles. The monoisotopic (exact) mass is 646 g/mol. The zero-order valence-corrected chi connectivity index (χ0v) is 24.9. The van der Waals surface area contributed by atoms with Gasteiger partial charge in [-0.05, 0) is 55.3 Å². The van der Waals surface area contributed by atoms with Gasteiger partial charge in [0.25, 0.3) is 0 Å². The molecule has 14 heteroatoms. The van der Waals surface area contributed by atoms with E-state index in [0.29, 0.717) is 12.8 Å². The second-order valence-electron chi connectivity index (χ2n) is 9.71. The molecular weight excluding hydrogens is 622 g/mol. The van der Waals surface area contributed by atoms with Crippen molar-refractivity contribution in [2.75, 3.05) is 10.6 Å². The summed E-state index contributed by atoms with van der Waals surface area (Å²) in [5, 5.41) is 4.71. The van der Waals surface area contributed by atoms with Crippen molar-refractivity contribution in [1.82, 2.24) is 9.97 Å². The number of nitrogens with zero attached hydrogens (tertiary/aromatic N) is 2. The summed E-state index contributed by atoms with van der Waals surface area (Å²) in [4.78, 5) is 35.4. The summed E-state index contributed by atoms with van der Waals surface area (Å²) in [7, 11) is -4.09. The van der Waals surface area contributed by atoms with Crippen LogP contribution >= 0.6 is 23.1 Å². The predicted molar refractivity (Wildman–Crippen MR) is 158 cm³/mol. The summed E-state index contributed by atoms with van der Waals surface area (Å²) in [5.74, 6) is -0.711. The molecule has 2 aromatic heterocycles. The Morgan fingerprint density at radius 3 is 2.37 bits per heavy atom. The van der Waals surface area contributed by atoms with Crippen molar-refractivity contribution >= 4 is 55.6 Å². The molecule has 0 spiro atoms. The number of Topliss-reactive ketones (excluding diaryl/α,β-unsaturated/α-hetero) is 1. The van der Waals surface area contributed by atoms with Crippen LogP contribution in [-0.2, 0) is 21.8 Å². The third-order valence-electron chi connectivity index (χ3n) is 6.74. The summed E-state index contributed by atoms with van der Waals surface area (Å²) in [5.41, 5.74) is -1.11. The number of carbonyl (C=O) groups is 2. The van der Waals surface area contributed by atoms with Crippen LogP contribution in [0.2, 0.25) is 0 Å². The molecule has 1 aliphatic carbocycles. The predicted octanol–water partition coefficient (Wildman–Crippen LogP) is 7.70. The smallest absolute Gasteiger partial charge is 0.307 e. The Morgan fingerprint density at radius 2 is 1.70 bits per heavy atom. The number of hydrogen-bond acceptors (Lipinski definition) is 8. The minimum absolute atomic E-state index is 0.0498. The molecule has 2 N–H and O–H groups in total. The largest absolute Gasteiger partial charge is 0.416 e. The maximum absolute atomic E-state index is 13.5. The van der Waals surface area contributed by atoms with Gasteiger partial charge in [-0.2, -0.15) is 13.2 Å². The van der Waals surface area contributed by atoms with Gasteiger partial charge in [0.1, 0.15) is 0 Å². The first-order valence-corrected chi connectivity index (χ1v) is 16.5. The number of hydrogen-bond donors (Lipinski definition) is 2. The minimum atomic E-state index is -4.67. The van der Waals surface area contributed by atoms with Crippen LogP contribution in [0.15, 0.2) is 87.1 Å². The van der Waals surface area contributed by atoms with Gasteiger partial charge in [-0.25, -0.2) is 23.2 Å². The third-order valence-corrected chi connectivity index (χ3v) is 11.0. The van der Waals surface area contributed by atoms with Gasteiger partial charge in [0.2, 0.25) is 9.84 Å². The fourth-order valence-electron chi connectivity index (χ4n) is 4.65. The molecule has 8 nitrogen and oxygen atoms in total. The van der Waals surface area contributed by atoms with Gasteiger partial charge >= 0.3 is 12.2 Å². The number of alkyl halides is 3. The van der Waals surface area contributed by atoms with Crippen molar-refractivity contribution in [3.8, 4) is 0 Å². The van der Waals surface area contributed by atoms with Crippen LogP contribution in [0.5, 0.6) is 0 Å². The van der Waals surface area contributed by atoms with E-state index in [1.165, 1.54) is 24.0 Å². The van der Waals surface area contributed by atoms with Gasteiger partial charge in [0, 0.05) is 28.3 Å². The van der Waals surface area contributed by atoms with E-state index in [2.05, 4.69) is 20.6 Å². The molecule has 0 aliphatic heterocycles.